The molecule has 0 spiro atoms. The highest BCUT2D eigenvalue weighted by Gasteiger charge is 2.31. The first kappa shape index (κ1) is 20.3. The van der Waals surface area contributed by atoms with Crippen LogP contribution in [0.15, 0.2) is 30.6 Å². The first-order valence-corrected chi connectivity index (χ1v) is 9.01. The van der Waals surface area contributed by atoms with Gasteiger partial charge in [0, 0.05) is 38.4 Å². The van der Waals surface area contributed by atoms with Crippen LogP contribution >= 0.6 is 11.6 Å². The molecule has 0 aromatic carbocycles. The second kappa shape index (κ2) is 8.74. The van der Waals surface area contributed by atoms with Crippen LogP contribution in [0, 0.1) is 0 Å². The number of ether oxygens (including phenoxy) is 1. The summed E-state index contributed by atoms with van der Waals surface area (Å²) in [6.07, 6.45) is -2.06. The number of pyridine rings is 2. The van der Waals surface area contributed by atoms with Crippen LogP contribution in [-0.4, -0.2) is 48.7 Å². The van der Waals surface area contributed by atoms with E-state index in [0.717, 1.165) is 31.2 Å². The van der Waals surface area contributed by atoms with Gasteiger partial charge in [-0.2, -0.15) is 13.2 Å². The second-order valence-corrected chi connectivity index (χ2v) is 6.57. The topological polar surface area (TPSA) is 67.4 Å². The predicted molar refractivity (Wildman–Crippen MR) is 97.6 cm³/mol. The number of hydrogen-bond acceptors (Lipinski definition) is 5. The van der Waals surface area contributed by atoms with E-state index in [0.29, 0.717) is 18.8 Å². The van der Waals surface area contributed by atoms with E-state index in [2.05, 4.69) is 20.2 Å². The van der Waals surface area contributed by atoms with E-state index in [1.54, 1.807) is 12.1 Å². The highest BCUT2D eigenvalue weighted by Crippen LogP contribution is 2.31. The minimum atomic E-state index is -4.50. The highest BCUT2D eigenvalue weighted by atomic mass is 35.5. The molecule has 0 bridgehead atoms. The number of alkyl halides is 3. The third kappa shape index (κ3) is 5.11. The second-order valence-electron chi connectivity index (χ2n) is 6.16. The molecule has 0 saturated carbocycles. The largest absolute Gasteiger partial charge is 0.417 e. The van der Waals surface area contributed by atoms with Crippen LogP contribution in [0.5, 0.6) is 0 Å². The molecule has 2 aromatic rings. The number of anilines is 1. The standard InChI is InChI=1S/C18H18ClF3N4O2/c19-14-9-13(18(20,21)22)11-24-15(14)3-4-23-17(27)12-1-2-16(25-10-12)26-5-7-28-8-6-26/h1-2,9-11H,3-8H2,(H,23,27). The Morgan fingerprint density at radius 2 is 1.96 bits per heavy atom. The van der Waals surface area contributed by atoms with E-state index < -0.39 is 11.7 Å². The smallest absolute Gasteiger partial charge is 0.378 e. The molecular weight excluding hydrogens is 397 g/mol. The van der Waals surface area contributed by atoms with Crippen molar-refractivity contribution in [3.63, 3.8) is 0 Å². The Balaban J connectivity index is 1.53. The SMILES string of the molecule is O=C(NCCc1ncc(C(F)(F)F)cc1Cl)c1ccc(N2CCOCC2)nc1. The van der Waals surface area contributed by atoms with Crippen molar-refractivity contribution in [3.05, 3.63) is 52.4 Å². The van der Waals surface area contributed by atoms with Crippen molar-refractivity contribution in [2.75, 3.05) is 37.7 Å². The van der Waals surface area contributed by atoms with Gasteiger partial charge >= 0.3 is 6.18 Å². The number of nitrogens with one attached hydrogen (secondary N) is 1. The molecule has 0 unspecified atom stereocenters. The van der Waals surface area contributed by atoms with E-state index in [-0.39, 0.29) is 29.6 Å². The maximum atomic E-state index is 12.6. The number of amides is 1. The molecule has 1 N–H and O–H groups in total. The number of rotatable bonds is 5. The summed E-state index contributed by atoms with van der Waals surface area (Å²) in [7, 11) is 0. The third-order valence-corrected chi connectivity index (χ3v) is 4.56. The third-order valence-electron chi connectivity index (χ3n) is 4.24. The summed E-state index contributed by atoms with van der Waals surface area (Å²) in [5.41, 5.74) is -0.226. The molecule has 150 valence electrons. The Morgan fingerprint density at radius 1 is 1.21 bits per heavy atom. The van der Waals surface area contributed by atoms with Crippen LogP contribution in [0.3, 0.4) is 0 Å². The van der Waals surface area contributed by atoms with Gasteiger partial charge in [0.05, 0.1) is 35.1 Å². The van der Waals surface area contributed by atoms with Crippen molar-refractivity contribution in [1.82, 2.24) is 15.3 Å². The van der Waals surface area contributed by atoms with Gasteiger partial charge in [-0.05, 0) is 18.2 Å². The average Bonchev–Trinajstić information content (AvgIpc) is 2.69. The van der Waals surface area contributed by atoms with Gasteiger partial charge in [-0.15, -0.1) is 0 Å². The summed E-state index contributed by atoms with van der Waals surface area (Å²) >= 11 is 5.86. The molecule has 1 aliphatic rings. The van der Waals surface area contributed by atoms with E-state index in [1.807, 2.05) is 0 Å². The molecule has 3 heterocycles. The van der Waals surface area contributed by atoms with E-state index in [9.17, 15) is 18.0 Å². The van der Waals surface area contributed by atoms with Crippen molar-refractivity contribution in [1.29, 1.82) is 0 Å². The summed E-state index contributed by atoms with van der Waals surface area (Å²) in [6, 6.07) is 4.28. The molecule has 1 amide bonds. The molecular formula is C18H18ClF3N4O2. The minimum Gasteiger partial charge on any atom is -0.378 e. The number of aromatic nitrogens is 2. The monoisotopic (exact) mass is 414 g/mol. The number of hydrogen-bond donors (Lipinski definition) is 1. The van der Waals surface area contributed by atoms with Gasteiger partial charge in [-0.25, -0.2) is 4.98 Å². The van der Waals surface area contributed by atoms with Crippen LogP contribution in [0.4, 0.5) is 19.0 Å². The van der Waals surface area contributed by atoms with Gasteiger partial charge in [0.1, 0.15) is 5.82 Å². The van der Waals surface area contributed by atoms with E-state index >= 15 is 0 Å². The Bertz CT molecular complexity index is 825. The summed E-state index contributed by atoms with van der Waals surface area (Å²) in [5.74, 6) is 0.449. The number of nitrogens with zero attached hydrogens (tertiary/aromatic N) is 3. The van der Waals surface area contributed by atoms with Gasteiger partial charge in [0.2, 0.25) is 0 Å². The molecule has 0 aliphatic carbocycles. The maximum Gasteiger partial charge on any atom is 0.417 e. The molecule has 0 radical (unpaired) electrons. The zero-order chi connectivity index (χ0) is 20.1. The van der Waals surface area contributed by atoms with Gasteiger partial charge in [0.15, 0.2) is 0 Å². The normalized spacial score (nSPS) is 14.8. The Kier molecular flexibility index (Phi) is 6.35. The Morgan fingerprint density at radius 3 is 2.57 bits per heavy atom. The lowest BCUT2D eigenvalue weighted by Gasteiger charge is -2.27. The fourth-order valence-electron chi connectivity index (χ4n) is 2.70. The average molecular weight is 415 g/mol. The zero-order valence-corrected chi connectivity index (χ0v) is 15.6. The van der Waals surface area contributed by atoms with Gasteiger partial charge in [0.25, 0.3) is 5.91 Å². The molecule has 1 fully saturated rings. The van der Waals surface area contributed by atoms with Crippen LogP contribution < -0.4 is 10.2 Å². The number of morpholine rings is 1. The van der Waals surface area contributed by atoms with Crippen molar-refractivity contribution in [3.8, 4) is 0 Å². The predicted octanol–water partition coefficient (Wildman–Crippen LogP) is 2.96. The molecule has 3 rings (SSSR count). The van der Waals surface area contributed by atoms with E-state index in [1.165, 1.54) is 6.20 Å². The van der Waals surface area contributed by atoms with Gasteiger partial charge in [-0.3, -0.25) is 9.78 Å². The summed E-state index contributed by atoms with van der Waals surface area (Å²) in [5, 5.41) is 2.60. The Labute approximate surface area is 164 Å². The molecule has 0 atom stereocenters. The number of halogens is 4. The van der Waals surface area contributed by atoms with Crippen LogP contribution in [0.2, 0.25) is 5.02 Å². The van der Waals surface area contributed by atoms with E-state index in [4.69, 9.17) is 16.3 Å². The lowest BCUT2D eigenvalue weighted by atomic mass is 10.2. The number of carbonyl (C=O) groups is 1. The highest BCUT2D eigenvalue weighted by molar-refractivity contribution is 6.31. The summed E-state index contributed by atoms with van der Waals surface area (Å²) in [4.78, 5) is 22.3. The van der Waals surface area contributed by atoms with Crippen molar-refractivity contribution >= 4 is 23.3 Å². The van der Waals surface area contributed by atoms with Crippen molar-refractivity contribution in [2.45, 2.75) is 12.6 Å². The van der Waals surface area contributed by atoms with Gasteiger partial charge < -0.3 is 15.0 Å². The lowest BCUT2D eigenvalue weighted by Crippen LogP contribution is -2.36. The first-order valence-electron chi connectivity index (χ1n) is 8.63. The van der Waals surface area contributed by atoms with Crippen LogP contribution in [-0.2, 0) is 17.3 Å². The van der Waals surface area contributed by atoms with Crippen molar-refractivity contribution < 1.29 is 22.7 Å². The first-order chi connectivity index (χ1) is 13.3. The Hall–Kier alpha value is -2.39. The molecule has 6 nitrogen and oxygen atoms in total. The molecule has 10 heteroatoms. The quantitative estimate of drug-likeness (QED) is 0.814. The zero-order valence-electron chi connectivity index (χ0n) is 14.8. The molecule has 1 aliphatic heterocycles. The maximum absolute atomic E-state index is 12.6. The minimum absolute atomic E-state index is 0.0828. The number of carbonyl (C=O) groups excluding carboxylic acids is 1. The molecule has 1 saturated heterocycles. The summed E-state index contributed by atoms with van der Waals surface area (Å²) < 4.78 is 43.2. The van der Waals surface area contributed by atoms with Crippen LogP contribution in [0.1, 0.15) is 21.6 Å². The lowest BCUT2D eigenvalue weighted by molar-refractivity contribution is -0.137. The van der Waals surface area contributed by atoms with Gasteiger partial charge in [-0.1, -0.05) is 11.6 Å². The summed E-state index contributed by atoms with van der Waals surface area (Å²) in [6.45, 7) is 2.97. The fourth-order valence-corrected chi connectivity index (χ4v) is 2.96. The van der Waals surface area contributed by atoms with Crippen LogP contribution in [0.25, 0.3) is 0 Å². The van der Waals surface area contributed by atoms with Crippen molar-refractivity contribution in [2.24, 2.45) is 0 Å². The fraction of sp³-hybridized carbons (Fsp3) is 0.389. The molecule has 28 heavy (non-hydrogen) atoms. The molecule has 2 aromatic heterocycles.